The molecule has 3 rings (SSSR count). The van der Waals surface area contributed by atoms with Crippen LogP contribution in [0, 0.1) is 0 Å². The molecule has 0 amide bonds. The molecule has 1 aliphatic heterocycles. The molecule has 0 aliphatic carbocycles. The van der Waals surface area contributed by atoms with E-state index in [-0.39, 0.29) is 29.4 Å². The Kier molecular flexibility index (Phi) is 7.71. The highest BCUT2D eigenvalue weighted by Crippen LogP contribution is 2.35. The van der Waals surface area contributed by atoms with Gasteiger partial charge in [0.15, 0.2) is 5.96 Å². The van der Waals surface area contributed by atoms with E-state index < -0.39 is 0 Å². The maximum atomic E-state index is 6.08. The first-order valence-electron chi connectivity index (χ1n) is 8.14. The van der Waals surface area contributed by atoms with Crippen molar-refractivity contribution in [2.24, 2.45) is 10.7 Å². The molecule has 0 aromatic heterocycles. The van der Waals surface area contributed by atoms with Crippen molar-refractivity contribution < 1.29 is 4.74 Å². The van der Waals surface area contributed by atoms with E-state index in [0.29, 0.717) is 12.5 Å². The van der Waals surface area contributed by atoms with E-state index in [4.69, 9.17) is 10.5 Å². The summed E-state index contributed by atoms with van der Waals surface area (Å²) in [6.45, 7) is 2.18. The summed E-state index contributed by atoms with van der Waals surface area (Å²) in [5, 5.41) is 3.15. The van der Waals surface area contributed by atoms with Crippen LogP contribution in [0.4, 0.5) is 5.69 Å². The standard InChI is InChI=1S/C19H22BrN3O.HI/c20-16-8-6-15(7-9-16)19(10-12-24-13-11-19)14-22-18(21)23-17-4-2-1-3-5-17;/h1-9H,10-14H2,(H3,21,22,23);1H. The molecule has 134 valence electrons. The lowest BCUT2D eigenvalue weighted by atomic mass is 9.74. The van der Waals surface area contributed by atoms with Crippen molar-refractivity contribution in [1.82, 2.24) is 0 Å². The fourth-order valence-corrected chi connectivity index (χ4v) is 3.31. The third-order valence-electron chi connectivity index (χ3n) is 4.50. The topological polar surface area (TPSA) is 59.6 Å². The minimum atomic E-state index is -0.0120. The van der Waals surface area contributed by atoms with Crippen LogP contribution in [0.3, 0.4) is 0 Å². The Bertz CT molecular complexity index is 686. The molecule has 2 aromatic rings. The van der Waals surface area contributed by atoms with Gasteiger partial charge in [-0.3, -0.25) is 4.99 Å². The van der Waals surface area contributed by atoms with E-state index in [1.165, 1.54) is 5.56 Å². The van der Waals surface area contributed by atoms with Gasteiger partial charge in [0.05, 0.1) is 6.54 Å². The van der Waals surface area contributed by atoms with E-state index in [9.17, 15) is 0 Å². The van der Waals surface area contributed by atoms with Crippen LogP contribution in [0.2, 0.25) is 0 Å². The summed E-state index contributed by atoms with van der Waals surface area (Å²) in [7, 11) is 0. The third-order valence-corrected chi connectivity index (χ3v) is 5.03. The van der Waals surface area contributed by atoms with Crippen molar-refractivity contribution in [2.75, 3.05) is 25.1 Å². The average Bonchev–Trinajstić information content (AvgIpc) is 2.62. The van der Waals surface area contributed by atoms with E-state index in [0.717, 1.165) is 36.2 Å². The highest BCUT2D eigenvalue weighted by Gasteiger charge is 2.34. The second-order valence-electron chi connectivity index (χ2n) is 6.09. The molecule has 0 atom stereocenters. The van der Waals surface area contributed by atoms with Crippen molar-refractivity contribution in [3.8, 4) is 0 Å². The number of benzene rings is 2. The van der Waals surface area contributed by atoms with Crippen molar-refractivity contribution >= 4 is 51.6 Å². The molecule has 0 radical (unpaired) electrons. The number of rotatable bonds is 4. The fraction of sp³-hybridized carbons (Fsp3) is 0.316. The zero-order valence-electron chi connectivity index (χ0n) is 14.0. The summed E-state index contributed by atoms with van der Waals surface area (Å²) < 4.78 is 6.65. The Balaban J connectivity index is 0.00000225. The normalized spacial score (nSPS) is 16.8. The zero-order chi connectivity index (χ0) is 16.8. The summed E-state index contributed by atoms with van der Waals surface area (Å²) in [6, 6.07) is 18.4. The van der Waals surface area contributed by atoms with Crippen LogP contribution < -0.4 is 11.1 Å². The summed E-state index contributed by atoms with van der Waals surface area (Å²) in [6.07, 6.45) is 1.91. The third kappa shape index (κ3) is 5.43. The number of nitrogens with zero attached hydrogens (tertiary/aromatic N) is 1. The van der Waals surface area contributed by atoms with Gasteiger partial charge in [-0.15, -0.1) is 24.0 Å². The second kappa shape index (κ2) is 9.54. The van der Waals surface area contributed by atoms with Gasteiger partial charge in [0, 0.05) is 28.8 Å². The molecule has 0 unspecified atom stereocenters. The van der Waals surface area contributed by atoms with Crippen molar-refractivity contribution in [3.63, 3.8) is 0 Å². The molecule has 1 aliphatic rings. The number of halogens is 2. The van der Waals surface area contributed by atoms with Gasteiger partial charge < -0.3 is 15.8 Å². The molecule has 1 fully saturated rings. The van der Waals surface area contributed by atoms with Gasteiger partial charge >= 0.3 is 0 Å². The quantitative estimate of drug-likeness (QED) is 0.357. The number of nitrogens with two attached hydrogens (primary N) is 1. The first-order chi connectivity index (χ1) is 11.7. The molecule has 3 N–H and O–H groups in total. The highest BCUT2D eigenvalue weighted by atomic mass is 127. The molecule has 25 heavy (non-hydrogen) atoms. The predicted octanol–water partition coefficient (Wildman–Crippen LogP) is 4.54. The number of anilines is 1. The number of guanidine groups is 1. The Morgan fingerprint density at radius 2 is 1.72 bits per heavy atom. The molecule has 4 nitrogen and oxygen atoms in total. The summed E-state index contributed by atoms with van der Waals surface area (Å²) >= 11 is 3.50. The molecular formula is C19H23BrIN3O. The Hall–Kier alpha value is -1.12. The van der Waals surface area contributed by atoms with Crippen LogP contribution in [0.15, 0.2) is 64.1 Å². The van der Waals surface area contributed by atoms with Crippen LogP contribution in [0.5, 0.6) is 0 Å². The molecular weight excluding hydrogens is 493 g/mol. The summed E-state index contributed by atoms with van der Waals surface area (Å²) in [5.41, 5.74) is 8.32. The molecule has 1 saturated heterocycles. The smallest absolute Gasteiger partial charge is 0.193 e. The van der Waals surface area contributed by atoms with E-state index in [1.807, 2.05) is 30.3 Å². The first kappa shape index (κ1) is 20.2. The minimum Gasteiger partial charge on any atom is -0.381 e. The van der Waals surface area contributed by atoms with E-state index in [1.54, 1.807) is 0 Å². The van der Waals surface area contributed by atoms with Gasteiger partial charge in [-0.25, -0.2) is 0 Å². The molecule has 0 spiro atoms. The molecule has 1 heterocycles. The fourth-order valence-electron chi connectivity index (χ4n) is 3.05. The zero-order valence-corrected chi connectivity index (χ0v) is 17.9. The first-order valence-corrected chi connectivity index (χ1v) is 8.93. The predicted molar refractivity (Wildman–Crippen MR) is 118 cm³/mol. The number of para-hydroxylation sites is 1. The number of hydrogen-bond donors (Lipinski definition) is 2. The lowest BCUT2D eigenvalue weighted by Crippen LogP contribution is -2.38. The summed E-state index contributed by atoms with van der Waals surface area (Å²) in [5.74, 6) is 0.448. The van der Waals surface area contributed by atoms with Gasteiger partial charge in [0.2, 0.25) is 0 Å². The van der Waals surface area contributed by atoms with Crippen LogP contribution >= 0.6 is 39.9 Å². The largest absolute Gasteiger partial charge is 0.381 e. The molecule has 0 saturated carbocycles. The monoisotopic (exact) mass is 515 g/mol. The van der Waals surface area contributed by atoms with Crippen LogP contribution in [0.25, 0.3) is 0 Å². The van der Waals surface area contributed by atoms with E-state index in [2.05, 4.69) is 50.5 Å². The number of hydrogen-bond acceptors (Lipinski definition) is 2. The lowest BCUT2D eigenvalue weighted by Gasteiger charge is -2.36. The maximum Gasteiger partial charge on any atom is 0.193 e. The van der Waals surface area contributed by atoms with Crippen molar-refractivity contribution in [1.29, 1.82) is 0 Å². The van der Waals surface area contributed by atoms with Crippen LogP contribution in [-0.4, -0.2) is 25.7 Å². The minimum absolute atomic E-state index is 0. The lowest BCUT2D eigenvalue weighted by molar-refractivity contribution is 0.0531. The van der Waals surface area contributed by atoms with Gasteiger partial charge in [-0.2, -0.15) is 0 Å². The Labute approximate surface area is 174 Å². The van der Waals surface area contributed by atoms with Gasteiger partial charge in [-0.05, 0) is 42.7 Å². The van der Waals surface area contributed by atoms with Crippen LogP contribution in [0.1, 0.15) is 18.4 Å². The van der Waals surface area contributed by atoms with Gasteiger partial charge in [0.1, 0.15) is 0 Å². The molecule has 2 aromatic carbocycles. The maximum absolute atomic E-state index is 6.08. The highest BCUT2D eigenvalue weighted by molar-refractivity contribution is 14.0. The summed E-state index contributed by atoms with van der Waals surface area (Å²) in [4.78, 5) is 4.63. The van der Waals surface area contributed by atoms with Crippen LogP contribution in [-0.2, 0) is 10.2 Å². The van der Waals surface area contributed by atoms with Gasteiger partial charge in [-0.1, -0.05) is 46.3 Å². The van der Waals surface area contributed by atoms with Crippen molar-refractivity contribution in [3.05, 3.63) is 64.6 Å². The number of aliphatic imine (C=N–C) groups is 1. The van der Waals surface area contributed by atoms with E-state index >= 15 is 0 Å². The van der Waals surface area contributed by atoms with Crippen molar-refractivity contribution in [2.45, 2.75) is 18.3 Å². The number of nitrogens with one attached hydrogen (secondary N) is 1. The number of ether oxygens (including phenoxy) is 1. The van der Waals surface area contributed by atoms with Gasteiger partial charge in [0.25, 0.3) is 0 Å². The Morgan fingerprint density at radius 3 is 2.36 bits per heavy atom. The second-order valence-corrected chi connectivity index (χ2v) is 7.01. The Morgan fingerprint density at radius 1 is 1.08 bits per heavy atom. The molecule has 6 heteroatoms. The SMILES string of the molecule is I.NC(=NCC1(c2ccc(Br)cc2)CCOCC1)Nc1ccccc1. The average molecular weight is 516 g/mol. The molecule has 0 bridgehead atoms.